The number of hydrogen-bond acceptors (Lipinski definition) is 3. The summed E-state index contributed by atoms with van der Waals surface area (Å²) in [6.45, 7) is 3.77. The van der Waals surface area contributed by atoms with Crippen molar-refractivity contribution < 1.29 is 9.47 Å². The quantitative estimate of drug-likeness (QED) is 0.874. The summed E-state index contributed by atoms with van der Waals surface area (Å²) in [5.74, 6) is 1.36. The summed E-state index contributed by atoms with van der Waals surface area (Å²) >= 11 is 0. The Kier molecular flexibility index (Phi) is 3.69. The first kappa shape index (κ1) is 12.4. The van der Waals surface area contributed by atoms with Gasteiger partial charge in [-0.05, 0) is 43.4 Å². The van der Waals surface area contributed by atoms with E-state index in [9.17, 15) is 0 Å². The Morgan fingerprint density at radius 3 is 2.35 bits per heavy atom. The fourth-order valence-corrected chi connectivity index (χ4v) is 2.48. The lowest BCUT2D eigenvalue weighted by Gasteiger charge is -2.37. The van der Waals surface area contributed by atoms with Crippen LogP contribution in [0.2, 0.25) is 0 Å². The molecule has 17 heavy (non-hydrogen) atoms. The van der Waals surface area contributed by atoms with Crippen molar-refractivity contribution in [2.75, 3.05) is 20.3 Å². The second kappa shape index (κ2) is 5.07. The van der Waals surface area contributed by atoms with Crippen LogP contribution in [0.4, 0.5) is 0 Å². The molecular weight excluding hydrogens is 214 g/mol. The molecule has 1 aliphatic heterocycles. The Morgan fingerprint density at radius 2 is 1.82 bits per heavy atom. The minimum atomic E-state index is -0.282. The van der Waals surface area contributed by atoms with E-state index in [0.29, 0.717) is 5.92 Å². The Hall–Kier alpha value is -1.06. The molecule has 0 amide bonds. The molecular formula is C14H21NO2. The van der Waals surface area contributed by atoms with Gasteiger partial charge in [0.05, 0.1) is 7.11 Å². The molecule has 3 heteroatoms. The molecule has 1 atom stereocenters. The van der Waals surface area contributed by atoms with Crippen molar-refractivity contribution in [2.45, 2.75) is 25.3 Å². The minimum Gasteiger partial charge on any atom is -0.497 e. The van der Waals surface area contributed by atoms with Crippen LogP contribution >= 0.6 is 0 Å². The van der Waals surface area contributed by atoms with Gasteiger partial charge < -0.3 is 15.2 Å². The smallest absolute Gasteiger partial charge is 0.118 e. The van der Waals surface area contributed by atoms with Crippen LogP contribution in [-0.2, 0) is 10.3 Å². The average Bonchev–Trinajstić information content (AvgIpc) is 2.40. The summed E-state index contributed by atoms with van der Waals surface area (Å²) in [6.07, 6.45) is 2.08. The van der Waals surface area contributed by atoms with Gasteiger partial charge in [-0.3, -0.25) is 0 Å². The third-order valence-electron chi connectivity index (χ3n) is 3.78. The highest BCUT2D eigenvalue weighted by atomic mass is 16.5. The van der Waals surface area contributed by atoms with E-state index >= 15 is 0 Å². The van der Waals surface area contributed by atoms with Gasteiger partial charge in [-0.15, -0.1) is 0 Å². The molecule has 0 bridgehead atoms. The zero-order chi connectivity index (χ0) is 12.3. The summed E-state index contributed by atoms with van der Waals surface area (Å²) in [6, 6.07) is 8.07. The average molecular weight is 235 g/mol. The fraction of sp³-hybridized carbons (Fsp3) is 0.571. The summed E-state index contributed by atoms with van der Waals surface area (Å²) in [5.41, 5.74) is 7.40. The highest BCUT2D eigenvalue weighted by Gasteiger charge is 2.33. The first-order valence-electron chi connectivity index (χ1n) is 6.15. The highest BCUT2D eigenvalue weighted by Crippen LogP contribution is 2.34. The van der Waals surface area contributed by atoms with E-state index in [4.69, 9.17) is 15.2 Å². The number of benzene rings is 1. The molecule has 1 fully saturated rings. The first-order chi connectivity index (χ1) is 8.14. The second-order valence-electron chi connectivity index (χ2n) is 4.90. The van der Waals surface area contributed by atoms with E-state index in [1.54, 1.807) is 7.11 Å². The number of nitrogens with two attached hydrogens (primary N) is 1. The number of rotatable bonds is 3. The molecule has 0 spiro atoms. The first-order valence-corrected chi connectivity index (χ1v) is 6.15. The predicted molar refractivity (Wildman–Crippen MR) is 68.1 cm³/mol. The van der Waals surface area contributed by atoms with Crippen molar-refractivity contribution in [2.24, 2.45) is 11.7 Å². The molecule has 2 N–H and O–H groups in total. The number of ether oxygens (including phenoxy) is 2. The van der Waals surface area contributed by atoms with Crippen LogP contribution in [0.5, 0.6) is 5.75 Å². The van der Waals surface area contributed by atoms with E-state index in [1.165, 1.54) is 5.56 Å². The Bertz CT molecular complexity index is 353. The fourth-order valence-electron chi connectivity index (χ4n) is 2.48. The SMILES string of the molecule is COc1ccc(C(C)(N)C2CCOCC2)cc1. The Morgan fingerprint density at radius 1 is 1.24 bits per heavy atom. The monoisotopic (exact) mass is 235 g/mol. The Labute approximate surface area is 103 Å². The van der Waals surface area contributed by atoms with E-state index in [0.717, 1.165) is 31.8 Å². The molecule has 0 saturated carbocycles. The van der Waals surface area contributed by atoms with Crippen molar-refractivity contribution in [3.05, 3.63) is 29.8 Å². The summed E-state index contributed by atoms with van der Waals surface area (Å²) < 4.78 is 10.6. The topological polar surface area (TPSA) is 44.5 Å². The molecule has 2 rings (SSSR count). The van der Waals surface area contributed by atoms with Gasteiger partial charge in [0.2, 0.25) is 0 Å². The number of hydrogen-bond donors (Lipinski definition) is 1. The van der Waals surface area contributed by atoms with Gasteiger partial charge in [0.25, 0.3) is 0 Å². The third kappa shape index (κ3) is 2.61. The van der Waals surface area contributed by atoms with Gasteiger partial charge >= 0.3 is 0 Å². The maximum Gasteiger partial charge on any atom is 0.118 e. The van der Waals surface area contributed by atoms with Crippen LogP contribution in [0, 0.1) is 5.92 Å². The van der Waals surface area contributed by atoms with Gasteiger partial charge in [0.1, 0.15) is 5.75 Å². The minimum absolute atomic E-state index is 0.282. The van der Waals surface area contributed by atoms with Crippen LogP contribution in [0.25, 0.3) is 0 Å². The lowest BCUT2D eigenvalue weighted by molar-refractivity contribution is 0.0411. The maximum absolute atomic E-state index is 6.51. The van der Waals surface area contributed by atoms with Crippen LogP contribution < -0.4 is 10.5 Å². The van der Waals surface area contributed by atoms with Crippen LogP contribution in [0.15, 0.2) is 24.3 Å². The zero-order valence-electron chi connectivity index (χ0n) is 10.6. The lowest BCUT2D eigenvalue weighted by Crippen LogP contribution is -2.43. The van der Waals surface area contributed by atoms with Crippen molar-refractivity contribution in [1.29, 1.82) is 0 Å². The molecule has 3 nitrogen and oxygen atoms in total. The van der Waals surface area contributed by atoms with Crippen LogP contribution in [0.3, 0.4) is 0 Å². The van der Waals surface area contributed by atoms with Gasteiger partial charge in [-0.1, -0.05) is 12.1 Å². The second-order valence-corrected chi connectivity index (χ2v) is 4.90. The lowest BCUT2D eigenvalue weighted by atomic mass is 9.76. The van der Waals surface area contributed by atoms with Gasteiger partial charge in [-0.25, -0.2) is 0 Å². The van der Waals surface area contributed by atoms with Crippen molar-refractivity contribution in [3.8, 4) is 5.75 Å². The number of methoxy groups -OCH3 is 1. The van der Waals surface area contributed by atoms with E-state index < -0.39 is 0 Å². The standard InChI is InChI=1S/C14H21NO2/c1-14(15,12-7-9-17-10-8-12)11-3-5-13(16-2)6-4-11/h3-6,12H,7-10,15H2,1-2H3. The normalized spacial score (nSPS) is 20.9. The van der Waals surface area contributed by atoms with Crippen LogP contribution in [-0.4, -0.2) is 20.3 Å². The summed E-state index contributed by atoms with van der Waals surface area (Å²) in [5, 5.41) is 0. The van der Waals surface area contributed by atoms with Gasteiger partial charge in [-0.2, -0.15) is 0 Å². The maximum atomic E-state index is 6.51. The summed E-state index contributed by atoms with van der Waals surface area (Å²) in [7, 11) is 1.68. The highest BCUT2D eigenvalue weighted by molar-refractivity contribution is 5.31. The van der Waals surface area contributed by atoms with Crippen molar-refractivity contribution in [3.63, 3.8) is 0 Å². The zero-order valence-corrected chi connectivity index (χ0v) is 10.6. The molecule has 1 unspecified atom stereocenters. The van der Waals surface area contributed by atoms with E-state index in [1.807, 2.05) is 12.1 Å². The van der Waals surface area contributed by atoms with Crippen molar-refractivity contribution >= 4 is 0 Å². The van der Waals surface area contributed by atoms with Crippen LogP contribution in [0.1, 0.15) is 25.3 Å². The van der Waals surface area contributed by atoms with Gasteiger partial charge in [0, 0.05) is 18.8 Å². The van der Waals surface area contributed by atoms with Crippen molar-refractivity contribution in [1.82, 2.24) is 0 Å². The van der Waals surface area contributed by atoms with E-state index in [-0.39, 0.29) is 5.54 Å². The molecule has 1 aliphatic rings. The molecule has 94 valence electrons. The largest absolute Gasteiger partial charge is 0.497 e. The third-order valence-corrected chi connectivity index (χ3v) is 3.78. The molecule has 1 aromatic carbocycles. The van der Waals surface area contributed by atoms with Gasteiger partial charge in [0.15, 0.2) is 0 Å². The molecule has 1 aromatic rings. The molecule has 0 radical (unpaired) electrons. The summed E-state index contributed by atoms with van der Waals surface area (Å²) in [4.78, 5) is 0. The molecule has 1 heterocycles. The molecule has 1 saturated heterocycles. The van der Waals surface area contributed by atoms with E-state index in [2.05, 4.69) is 19.1 Å². The molecule has 0 aromatic heterocycles. The predicted octanol–water partition coefficient (Wildman–Crippen LogP) is 2.30. The molecule has 0 aliphatic carbocycles. The Balaban J connectivity index is 2.17.